The molecule has 1 aliphatic heterocycles. The van der Waals surface area contributed by atoms with Crippen molar-refractivity contribution in [1.82, 2.24) is 0 Å². The molecule has 0 unspecified atom stereocenters. The Morgan fingerprint density at radius 2 is 1.47 bits per heavy atom. The summed E-state index contributed by atoms with van der Waals surface area (Å²) in [5, 5.41) is 2.80. The van der Waals surface area contributed by atoms with Crippen LogP contribution in [0.2, 0.25) is 0 Å². The molecule has 0 saturated carbocycles. The number of carbonyl (C=O) groups is 3. The number of nitrogens with one attached hydrogen (secondary N) is 1. The number of hydrogen-bond acceptors (Lipinski definition) is 3. The van der Waals surface area contributed by atoms with E-state index < -0.39 is 11.8 Å². The first kappa shape index (κ1) is 19.6. The van der Waals surface area contributed by atoms with Crippen molar-refractivity contribution in [2.75, 3.05) is 10.2 Å². The first-order chi connectivity index (χ1) is 14.3. The van der Waals surface area contributed by atoms with Gasteiger partial charge in [-0.25, -0.2) is 4.90 Å². The number of rotatable bonds is 3. The molecule has 0 bridgehead atoms. The van der Waals surface area contributed by atoms with Gasteiger partial charge in [-0.2, -0.15) is 0 Å². The minimum absolute atomic E-state index is 0.0110. The lowest BCUT2D eigenvalue weighted by atomic mass is 9.86. The molecule has 3 aromatic rings. The van der Waals surface area contributed by atoms with E-state index in [1.165, 1.54) is 0 Å². The van der Waals surface area contributed by atoms with E-state index >= 15 is 0 Å². The third-order valence-corrected chi connectivity index (χ3v) is 5.19. The number of carbonyl (C=O) groups excluding carboxylic acids is 3. The lowest BCUT2D eigenvalue weighted by Gasteiger charge is -2.19. The van der Waals surface area contributed by atoms with Gasteiger partial charge in [-0.3, -0.25) is 14.4 Å². The molecule has 4 rings (SSSR count). The molecule has 0 spiro atoms. The van der Waals surface area contributed by atoms with Crippen molar-refractivity contribution in [1.29, 1.82) is 0 Å². The fourth-order valence-electron chi connectivity index (χ4n) is 3.52. The first-order valence-electron chi connectivity index (χ1n) is 9.76. The molecule has 3 aromatic carbocycles. The maximum absolute atomic E-state index is 13.1. The van der Waals surface area contributed by atoms with Crippen molar-refractivity contribution in [2.45, 2.75) is 26.2 Å². The Hall–Kier alpha value is -3.73. The summed E-state index contributed by atoms with van der Waals surface area (Å²) < 4.78 is 0. The van der Waals surface area contributed by atoms with Crippen LogP contribution in [-0.2, 0) is 5.41 Å². The molecule has 150 valence electrons. The van der Waals surface area contributed by atoms with Crippen LogP contribution >= 0.6 is 0 Å². The first-order valence-corrected chi connectivity index (χ1v) is 9.76. The third kappa shape index (κ3) is 3.39. The van der Waals surface area contributed by atoms with Gasteiger partial charge in [-0.15, -0.1) is 0 Å². The number of para-hydroxylation sites is 1. The quantitative estimate of drug-likeness (QED) is 0.629. The lowest BCUT2D eigenvalue weighted by molar-refractivity contribution is 0.0926. The van der Waals surface area contributed by atoms with Crippen LogP contribution in [0, 0.1) is 0 Å². The minimum Gasteiger partial charge on any atom is -0.321 e. The Balaban J connectivity index is 1.64. The van der Waals surface area contributed by atoms with Crippen molar-refractivity contribution in [3.8, 4) is 0 Å². The van der Waals surface area contributed by atoms with E-state index in [4.69, 9.17) is 0 Å². The van der Waals surface area contributed by atoms with Crippen molar-refractivity contribution < 1.29 is 14.4 Å². The molecular weight excluding hydrogens is 376 g/mol. The number of nitrogens with zero attached hydrogens (tertiary/aromatic N) is 1. The third-order valence-electron chi connectivity index (χ3n) is 5.19. The second kappa shape index (κ2) is 7.26. The van der Waals surface area contributed by atoms with E-state index in [1.54, 1.807) is 54.6 Å². The van der Waals surface area contributed by atoms with E-state index in [-0.39, 0.29) is 22.4 Å². The summed E-state index contributed by atoms with van der Waals surface area (Å²) in [6.07, 6.45) is 0. The van der Waals surface area contributed by atoms with Crippen LogP contribution in [-0.4, -0.2) is 17.7 Å². The van der Waals surface area contributed by atoms with Gasteiger partial charge in [0.15, 0.2) is 0 Å². The average molecular weight is 398 g/mol. The van der Waals surface area contributed by atoms with Crippen molar-refractivity contribution in [3.05, 3.63) is 95.1 Å². The van der Waals surface area contributed by atoms with Crippen LogP contribution in [0.3, 0.4) is 0 Å². The van der Waals surface area contributed by atoms with Gasteiger partial charge in [0.2, 0.25) is 0 Å². The largest absolute Gasteiger partial charge is 0.321 e. The summed E-state index contributed by atoms with van der Waals surface area (Å²) in [5.41, 5.74) is 2.92. The van der Waals surface area contributed by atoms with Gasteiger partial charge in [0.1, 0.15) is 0 Å². The highest BCUT2D eigenvalue weighted by molar-refractivity contribution is 6.36. The normalized spacial score (nSPS) is 13.4. The Kier molecular flexibility index (Phi) is 4.74. The molecule has 1 aliphatic rings. The number of hydrogen-bond donors (Lipinski definition) is 1. The molecule has 0 aromatic heterocycles. The second-order valence-electron chi connectivity index (χ2n) is 8.29. The number of amides is 3. The van der Waals surface area contributed by atoms with Crippen LogP contribution in [0.4, 0.5) is 11.4 Å². The van der Waals surface area contributed by atoms with Gasteiger partial charge < -0.3 is 5.32 Å². The van der Waals surface area contributed by atoms with Gasteiger partial charge in [0.05, 0.1) is 22.5 Å². The van der Waals surface area contributed by atoms with Crippen LogP contribution in [0.25, 0.3) is 0 Å². The Morgan fingerprint density at radius 1 is 0.800 bits per heavy atom. The Bertz CT molecular complexity index is 1140. The molecule has 0 saturated heterocycles. The van der Waals surface area contributed by atoms with Crippen LogP contribution < -0.4 is 10.2 Å². The highest BCUT2D eigenvalue weighted by atomic mass is 16.2. The highest BCUT2D eigenvalue weighted by Gasteiger charge is 2.38. The van der Waals surface area contributed by atoms with E-state index in [1.807, 2.05) is 18.2 Å². The van der Waals surface area contributed by atoms with Crippen LogP contribution in [0.1, 0.15) is 57.4 Å². The standard InChI is InChI=1S/C25H22N2O3/c1-25(2,3)17-14-12-16(13-15-17)22(28)26-20-11-7-10-19-21(20)24(30)27(23(19)29)18-8-5-4-6-9-18/h4-15H,1-3H3,(H,26,28). The van der Waals surface area contributed by atoms with Crippen molar-refractivity contribution in [2.24, 2.45) is 0 Å². The van der Waals surface area contributed by atoms with Gasteiger partial charge in [-0.1, -0.05) is 57.2 Å². The topological polar surface area (TPSA) is 66.5 Å². The molecule has 5 heteroatoms. The van der Waals surface area contributed by atoms with Crippen LogP contribution in [0.15, 0.2) is 72.8 Å². The minimum atomic E-state index is -0.444. The van der Waals surface area contributed by atoms with E-state index in [2.05, 4.69) is 26.1 Å². The average Bonchev–Trinajstić information content (AvgIpc) is 2.99. The summed E-state index contributed by atoms with van der Waals surface area (Å²) in [5.74, 6) is -1.17. The monoisotopic (exact) mass is 398 g/mol. The number of imide groups is 1. The lowest BCUT2D eigenvalue weighted by Crippen LogP contribution is -2.29. The molecule has 30 heavy (non-hydrogen) atoms. The fourth-order valence-corrected chi connectivity index (χ4v) is 3.52. The molecular formula is C25H22N2O3. The second-order valence-corrected chi connectivity index (χ2v) is 8.29. The van der Waals surface area contributed by atoms with Gasteiger partial charge in [0, 0.05) is 5.56 Å². The van der Waals surface area contributed by atoms with E-state index in [0.29, 0.717) is 16.9 Å². The molecule has 0 atom stereocenters. The van der Waals surface area contributed by atoms with Gasteiger partial charge >= 0.3 is 0 Å². The summed E-state index contributed by atoms with van der Waals surface area (Å²) in [7, 11) is 0. The molecule has 0 aliphatic carbocycles. The van der Waals surface area contributed by atoms with Crippen LogP contribution in [0.5, 0.6) is 0 Å². The van der Waals surface area contributed by atoms with Crippen molar-refractivity contribution >= 4 is 29.1 Å². The number of fused-ring (bicyclic) bond motifs is 1. The molecule has 0 radical (unpaired) electrons. The fraction of sp³-hybridized carbons (Fsp3) is 0.160. The van der Waals surface area contributed by atoms with E-state index in [0.717, 1.165) is 10.5 Å². The molecule has 3 amide bonds. The Morgan fingerprint density at radius 3 is 2.10 bits per heavy atom. The maximum atomic E-state index is 13.1. The SMILES string of the molecule is CC(C)(C)c1ccc(C(=O)Nc2cccc3c2C(=O)N(c2ccccc2)C3=O)cc1. The summed E-state index contributed by atoms with van der Waals surface area (Å²) >= 11 is 0. The predicted octanol–water partition coefficient (Wildman–Crippen LogP) is 5.04. The van der Waals surface area contributed by atoms with Gasteiger partial charge in [-0.05, 0) is 47.4 Å². The smallest absolute Gasteiger partial charge is 0.268 e. The zero-order valence-corrected chi connectivity index (χ0v) is 17.1. The summed E-state index contributed by atoms with van der Waals surface area (Å²) in [6, 6.07) is 21.1. The highest BCUT2D eigenvalue weighted by Crippen LogP contribution is 2.33. The zero-order chi connectivity index (χ0) is 21.5. The van der Waals surface area contributed by atoms with E-state index in [9.17, 15) is 14.4 Å². The molecule has 1 heterocycles. The van der Waals surface area contributed by atoms with Crippen molar-refractivity contribution in [3.63, 3.8) is 0 Å². The maximum Gasteiger partial charge on any atom is 0.268 e. The number of anilines is 2. The zero-order valence-electron chi connectivity index (χ0n) is 17.1. The molecule has 0 fully saturated rings. The van der Waals surface area contributed by atoms with Gasteiger partial charge in [0.25, 0.3) is 17.7 Å². The summed E-state index contributed by atoms with van der Waals surface area (Å²) in [4.78, 5) is 39.8. The molecule has 5 nitrogen and oxygen atoms in total. The number of benzene rings is 3. The predicted molar refractivity (Wildman–Crippen MR) is 117 cm³/mol. The summed E-state index contributed by atoms with van der Waals surface area (Å²) in [6.45, 7) is 6.32. The molecule has 1 N–H and O–H groups in total. The Labute approximate surface area is 175 Å².